The summed E-state index contributed by atoms with van der Waals surface area (Å²) in [6, 6.07) is 12.2. The zero-order valence-corrected chi connectivity index (χ0v) is 15.5. The van der Waals surface area contributed by atoms with Crippen LogP contribution < -0.4 is 4.90 Å². The van der Waals surface area contributed by atoms with Crippen molar-refractivity contribution in [3.05, 3.63) is 59.7 Å². The van der Waals surface area contributed by atoms with E-state index in [0.717, 1.165) is 49.6 Å². The first-order valence-corrected chi connectivity index (χ1v) is 9.38. The van der Waals surface area contributed by atoms with E-state index in [-0.39, 0.29) is 23.9 Å². The molecule has 5 nitrogen and oxygen atoms in total. The lowest BCUT2D eigenvalue weighted by atomic mass is 9.89. The van der Waals surface area contributed by atoms with Crippen molar-refractivity contribution < 1.29 is 13.9 Å². The van der Waals surface area contributed by atoms with E-state index in [1.807, 2.05) is 19.1 Å². The monoisotopic (exact) mass is 369 g/mol. The van der Waals surface area contributed by atoms with Gasteiger partial charge in [0, 0.05) is 31.0 Å². The minimum atomic E-state index is -0.321. The predicted molar refractivity (Wildman–Crippen MR) is 101 cm³/mol. The van der Waals surface area contributed by atoms with Crippen LogP contribution in [0.3, 0.4) is 0 Å². The van der Waals surface area contributed by atoms with Gasteiger partial charge in [-0.1, -0.05) is 6.07 Å². The minimum absolute atomic E-state index is 0.0707. The number of morpholine rings is 1. The molecule has 0 bridgehead atoms. The molecule has 4 rings (SSSR count). The van der Waals surface area contributed by atoms with Gasteiger partial charge in [0.25, 0.3) is 5.91 Å². The molecule has 0 unspecified atom stereocenters. The van der Waals surface area contributed by atoms with Gasteiger partial charge in [-0.2, -0.15) is 0 Å². The van der Waals surface area contributed by atoms with Crippen LogP contribution in [0, 0.1) is 12.7 Å². The number of hydrogen-bond donors (Lipinski definition) is 0. The molecule has 2 aromatic rings. The molecule has 1 spiro atoms. The fraction of sp³-hybridized carbons (Fsp3) is 0.429. The smallest absolute Gasteiger partial charge is 0.253 e. The molecule has 0 radical (unpaired) electrons. The van der Waals surface area contributed by atoms with Crippen LogP contribution in [-0.4, -0.2) is 47.6 Å². The van der Waals surface area contributed by atoms with Crippen molar-refractivity contribution in [3.8, 4) is 0 Å². The van der Waals surface area contributed by atoms with Gasteiger partial charge < -0.3 is 9.64 Å². The van der Waals surface area contributed by atoms with E-state index >= 15 is 0 Å². The molecular weight excluding hydrogens is 345 g/mol. The number of benzene rings is 1. The summed E-state index contributed by atoms with van der Waals surface area (Å²) in [5.74, 6) is -0.370. The summed E-state index contributed by atoms with van der Waals surface area (Å²) >= 11 is 0. The Hall–Kier alpha value is -2.31. The number of aromatic nitrogens is 1. The number of ether oxygens (including phenoxy) is 1. The highest BCUT2D eigenvalue weighted by Crippen LogP contribution is 2.33. The van der Waals surface area contributed by atoms with E-state index in [1.54, 1.807) is 17.0 Å². The quantitative estimate of drug-likeness (QED) is 0.835. The number of likely N-dealkylation sites (tertiary alicyclic amines) is 1. The largest absolute Gasteiger partial charge is 0.363 e. The molecular formula is C21H24FN3O2. The van der Waals surface area contributed by atoms with Crippen molar-refractivity contribution in [1.82, 2.24) is 9.88 Å². The van der Waals surface area contributed by atoms with Crippen LogP contribution in [0.15, 0.2) is 42.5 Å². The van der Waals surface area contributed by atoms with Gasteiger partial charge >= 0.3 is 0 Å². The summed E-state index contributed by atoms with van der Waals surface area (Å²) in [5, 5.41) is 0. The first-order chi connectivity index (χ1) is 13.0. The lowest BCUT2D eigenvalue weighted by molar-refractivity contribution is -0.145. The molecule has 1 aromatic heterocycles. The third kappa shape index (κ3) is 4.01. The Kier molecular flexibility index (Phi) is 4.93. The number of anilines is 1. The van der Waals surface area contributed by atoms with Gasteiger partial charge in [-0.05, 0) is 56.2 Å². The lowest BCUT2D eigenvalue weighted by Gasteiger charge is -2.47. The molecule has 0 saturated carbocycles. The molecule has 2 saturated heterocycles. The third-order valence-corrected chi connectivity index (χ3v) is 5.49. The summed E-state index contributed by atoms with van der Waals surface area (Å²) in [7, 11) is 0. The highest BCUT2D eigenvalue weighted by molar-refractivity contribution is 5.95. The normalized spacial score (nSPS) is 20.2. The molecule has 1 amide bonds. The average Bonchev–Trinajstić information content (AvgIpc) is 2.67. The van der Waals surface area contributed by atoms with Gasteiger partial charge in [0.05, 0.1) is 17.8 Å². The van der Waals surface area contributed by atoms with Crippen molar-refractivity contribution in [1.29, 1.82) is 0 Å². The molecule has 0 N–H and O–H groups in total. The number of nitrogens with zero attached hydrogens (tertiary/aromatic N) is 3. The number of hydrogen-bond acceptors (Lipinski definition) is 4. The Balaban J connectivity index is 1.41. The number of carbonyl (C=O) groups excluding carboxylic acids is 1. The molecule has 142 valence electrons. The van der Waals surface area contributed by atoms with Crippen LogP contribution in [0.2, 0.25) is 0 Å². The summed E-state index contributed by atoms with van der Waals surface area (Å²) in [6.07, 6.45) is 1.73. The van der Waals surface area contributed by atoms with E-state index in [4.69, 9.17) is 4.74 Å². The van der Waals surface area contributed by atoms with E-state index in [1.165, 1.54) is 12.1 Å². The topological polar surface area (TPSA) is 45.7 Å². The van der Waals surface area contributed by atoms with Crippen molar-refractivity contribution in [3.63, 3.8) is 0 Å². The number of aryl methyl sites for hydroxylation is 1. The summed E-state index contributed by atoms with van der Waals surface area (Å²) in [5.41, 5.74) is 2.53. The van der Waals surface area contributed by atoms with Gasteiger partial charge in [0.15, 0.2) is 0 Å². The molecule has 0 atom stereocenters. The molecule has 6 heteroatoms. The maximum atomic E-state index is 13.2. The van der Waals surface area contributed by atoms with Crippen LogP contribution in [0.25, 0.3) is 0 Å². The maximum absolute atomic E-state index is 13.2. The molecule has 1 aromatic carbocycles. The number of rotatable bonds is 3. The molecule has 2 aliphatic rings. The third-order valence-electron chi connectivity index (χ3n) is 5.49. The Morgan fingerprint density at radius 3 is 2.59 bits per heavy atom. The zero-order valence-electron chi connectivity index (χ0n) is 15.5. The second-order valence-electron chi connectivity index (χ2n) is 7.47. The van der Waals surface area contributed by atoms with E-state index < -0.39 is 0 Å². The van der Waals surface area contributed by atoms with Gasteiger partial charge in [0.1, 0.15) is 12.4 Å². The van der Waals surface area contributed by atoms with Crippen LogP contribution in [0.5, 0.6) is 0 Å². The molecule has 27 heavy (non-hydrogen) atoms. The van der Waals surface area contributed by atoms with Gasteiger partial charge in [0.2, 0.25) is 0 Å². The fourth-order valence-electron chi connectivity index (χ4n) is 3.91. The van der Waals surface area contributed by atoms with Gasteiger partial charge in [-0.3, -0.25) is 14.7 Å². The predicted octanol–water partition coefficient (Wildman–Crippen LogP) is 2.93. The van der Waals surface area contributed by atoms with E-state index in [0.29, 0.717) is 6.54 Å². The second kappa shape index (κ2) is 7.37. The molecule has 3 heterocycles. The summed E-state index contributed by atoms with van der Waals surface area (Å²) in [4.78, 5) is 21.0. The fourth-order valence-corrected chi connectivity index (χ4v) is 3.91. The Morgan fingerprint density at radius 1 is 1.15 bits per heavy atom. The van der Waals surface area contributed by atoms with Crippen molar-refractivity contribution in [2.45, 2.75) is 31.9 Å². The number of carbonyl (C=O) groups is 1. The first kappa shape index (κ1) is 18.1. The van der Waals surface area contributed by atoms with Gasteiger partial charge in [-0.25, -0.2) is 4.39 Å². The molecule has 2 fully saturated rings. The number of amides is 1. The van der Waals surface area contributed by atoms with Crippen molar-refractivity contribution in [2.24, 2.45) is 0 Å². The summed E-state index contributed by atoms with van der Waals surface area (Å²) < 4.78 is 19.2. The number of halogens is 1. The first-order valence-electron chi connectivity index (χ1n) is 9.38. The van der Waals surface area contributed by atoms with Crippen LogP contribution in [-0.2, 0) is 16.1 Å². The Morgan fingerprint density at radius 2 is 1.89 bits per heavy atom. The SMILES string of the molecule is Cc1cccc(CN2CCC3(CC2)CN(c2ccc(F)cc2)C(=O)CO3)n1. The maximum Gasteiger partial charge on any atom is 0.253 e. The number of piperidine rings is 1. The van der Waals surface area contributed by atoms with Crippen molar-refractivity contribution in [2.75, 3.05) is 31.1 Å². The number of pyridine rings is 1. The average molecular weight is 369 g/mol. The van der Waals surface area contributed by atoms with E-state index in [2.05, 4.69) is 16.0 Å². The van der Waals surface area contributed by atoms with E-state index in [9.17, 15) is 9.18 Å². The Labute approximate surface area is 158 Å². The van der Waals surface area contributed by atoms with Crippen LogP contribution in [0.4, 0.5) is 10.1 Å². The lowest BCUT2D eigenvalue weighted by Crippen LogP contribution is -2.58. The zero-order chi connectivity index (χ0) is 18.9. The van der Waals surface area contributed by atoms with Crippen LogP contribution in [0.1, 0.15) is 24.2 Å². The second-order valence-corrected chi connectivity index (χ2v) is 7.47. The molecule has 0 aliphatic carbocycles. The minimum Gasteiger partial charge on any atom is -0.363 e. The highest BCUT2D eigenvalue weighted by Gasteiger charge is 2.42. The molecule has 2 aliphatic heterocycles. The van der Waals surface area contributed by atoms with Crippen molar-refractivity contribution >= 4 is 11.6 Å². The Bertz CT molecular complexity index is 816. The van der Waals surface area contributed by atoms with Crippen LogP contribution >= 0.6 is 0 Å². The highest BCUT2D eigenvalue weighted by atomic mass is 19.1. The van der Waals surface area contributed by atoms with Gasteiger partial charge in [-0.15, -0.1) is 0 Å². The standard InChI is InChI=1S/C21H24FN3O2/c1-16-3-2-4-18(23-16)13-24-11-9-21(10-12-24)15-25(20(26)14-27-21)19-7-5-17(22)6-8-19/h2-8H,9-15H2,1H3. The summed E-state index contributed by atoms with van der Waals surface area (Å²) in [6.45, 7) is 5.25.